The molecular weight excluding hydrogens is 296 g/mol. The van der Waals surface area contributed by atoms with Gasteiger partial charge in [0.1, 0.15) is 11.6 Å². The number of thiazole rings is 1. The minimum Gasteiger partial charge on any atom is -0.327 e. The van der Waals surface area contributed by atoms with Gasteiger partial charge in [0.15, 0.2) is 5.13 Å². The lowest BCUT2D eigenvalue weighted by Gasteiger charge is -2.15. The van der Waals surface area contributed by atoms with E-state index < -0.39 is 17.5 Å². The number of aromatic nitrogens is 1. The Kier molecular flexibility index (Phi) is 3.69. The lowest BCUT2D eigenvalue weighted by Crippen LogP contribution is -2.27. The fraction of sp³-hybridized carbons (Fsp3) is 0.286. The molecule has 1 aromatic heterocycles. The molecule has 1 aromatic carbocycles. The van der Waals surface area contributed by atoms with E-state index in [9.17, 15) is 13.6 Å². The maximum atomic E-state index is 13.5. The van der Waals surface area contributed by atoms with Crippen LogP contribution in [-0.2, 0) is 12.8 Å². The van der Waals surface area contributed by atoms with Crippen LogP contribution in [0.25, 0.3) is 0 Å². The lowest BCUT2D eigenvalue weighted by molar-refractivity contribution is 0.102. The first-order valence-corrected chi connectivity index (χ1v) is 7.35. The molecule has 7 heteroatoms. The zero-order valence-corrected chi connectivity index (χ0v) is 11.8. The number of halogens is 2. The van der Waals surface area contributed by atoms with Crippen LogP contribution >= 0.6 is 11.3 Å². The Morgan fingerprint density at radius 2 is 2.24 bits per heavy atom. The van der Waals surface area contributed by atoms with Crippen molar-refractivity contribution in [1.82, 2.24) is 4.98 Å². The van der Waals surface area contributed by atoms with Crippen molar-refractivity contribution in [3.63, 3.8) is 0 Å². The number of amides is 1. The molecule has 0 bridgehead atoms. The molecular formula is C14H13F2N3OS. The number of nitrogens with one attached hydrogen (secondary N) is 1. The van der Waals surface area contributed by atoms with Gasteiger partial charge in [-0.05, 0) is 37.5 Å². The van der Waals surface area contributed by atoms with Gasteiger partial charge in [0, 0.05) is 10.9 Å². The Bertz CT molecular complexity index is 702. The van der Waals surface area contributed by atoms with Crippen molar-refractivity contribution in [3.8, 4) is 0 Å². The second-order valence-electron chi connectivity index (χ2n) is 4.97. The van der Waals surface area contributed by atoms with Crippen molar-refractivity contribution in [2.45, 2.75) is 25.3 Å². The van der Waals surface area contributed by atoms with Crippen molar-refractivity contribution < 1.29 is 13.6 Å². The summed E-state index contributed by atoms with van der Waals surface area (Å²) < 4.78 is 26.6. The van der Waals surface area contributed by atoms with Gasteiger partial charge in [0.25, 0.3) is 5.91 Å². The fourth-order valence-corrected chi connectivity index (χ4v) is 3.39. The number of carbonyl (C=O) groups is 1. The van der Waals surface area contributed by atoms with E-state index in [1.807, 2.05) is 0 Å². The average Bonchev–Trinajstić information content (AvgIpc) is 2.82. The van der Waals surface area contributed by atoms with E-state index in [0.29, 0.717) is 5.13 Å². The van der Waals surface area contributed by atoms with E-state index in [0.717, 1.165) is 48.0 Å². The van der Waals surface area contributed by atoms with Crippen molar-refractivity contribution in [1.29, 1.82) is 0 Å². The summed E-state index contributed by atoms with van der Waals surface area (Å²) in [6.45, 7) is 0. The third-order valence-electron chi connectivity index (χ3n) is 3.37. The smallest absolute Gasteiger partial charge is 0.260 e. The Labute approximate surface area is 124 Å². The number of nitrogens with two attached hydrogens (primary N) is 1. The lowest BCUT2D eigenvalue weighted by atomic mass is 9.99. The number of carbonyl (C=O) groups excluding carboxylic acids is 1. The van der Waals surface area contributed by atoms with Gasteiger partial charge in [-0.1, -0.05) is 0 Å². The molecule has 0 aliphatic heterocycles. The number of fused-ring (bicyclic) bond motifs is 1. The summed E-state index contributed by atoms with van der Waals surface area (Å²) >= 11 is 1.33. The van der Waals surface area contributed by atoms with Crippen molar-refractivity contribution >= 4 is 22.4 Å². The molecule has 0 unspecified atom stereocenters. The molecule has 110 valence electrons. The summed E-state index contributed by atoms with van der Waals surface area (Å²) in [5, 5.41) is 2.91. The van der Waals surface area contributed by atoms with Crippen molar-refractivity contribution in [2.24, 2.45) is 5.73 Å². The van der Waals surface area contributed by atoms with Crippen molar-refractivity contribution in [2.75, 3.05) is 5.32 Å². The van der Waals surface area contributed by atoms with Crippen LogP contribution in [0.5, 0.6) is 0 Å². The van der Waals surface area contributed by atoms with Gasteiger partial charge < -0.3 is 5.73 Å². The van der Waals surface area contributed by atoms with Crippen LogP contribution in [0.4, 0.5) is 13.9 Å². The molecule has 0 saturated heterocycles. The number of anilines is 1. The maximum Gasteiger partial charge on any atom is 0.260 e. The molecule has 1 heterocycles. The highest BCUT2D eigenvalue weighted by molar-refractivity contribution is 7.15. The topological polar surface area (TPSA) is 68.0 Å². The molecule has 2 aromatic rings. The third-order valence-corrected chi connectivity index (χ3v) is 4.41. The number of aryl methyl sites for hydroxylation is 1. The van der Waals surface area contributed by atoms with Gasteiger partial charge in [-0.3, -0.25) is 10.1 Å². The molecule has 3 N–H and O–H groups in total. The molecule has 3 rings (SSSR count). The van der Waals surface area contributed by atoms with Crippen LogP contribution in [0.15, 0.2) is 18.2 Å². The standard InChI is InChI=1S/C14H13F2N3OS/c15-7-1-3-10(16)9(5-7)13(20)19-14-18-11-4-2-8(17)6-12(11)21-14/h1,3,5,8H,2,4,6,17H2,(H,18,19,20)/t8-/m0/s1. The van der Waals surface area contributed by atoms with Crippen LogP contribution in [-0.4, -0.2) is 16.9 Å². The zero-order valence-electron chi connectivity index (χ0n) is 11.0. The zero-order chi connectivity index (χ0) is 15.0. The minimum atomic E-state index is -0.766. The fourth-order valence-electron chi connectivity index (χ4n) is 2.29. The Hall–Kier alpha value is -1.86. The minimum absolute atomic E-state index is 0.113. The van der Waals surface area contributed by atoms with Gasteiger partial charge >= 0.3 is 0 Å². The van der Waals surface area contributed by atoms with Gasteiger partial charge in [0.2, 0.25) is 0 Å². The average molecular weight is 309 g/mol. The van der Waals surface area contributed by atoms with E-state index in [1.54, 1.807) is 0 Å². The van der Waals surface area contributed by atoms with Crippen LogP contribution < -0.4 is 11.1 Å². The molecule has 1 atom stereocenters. The molecule has 21 heavy (non-hydrogen) atoms. The second-order valence-corrected chi connectivity index (χ2v) is 6.05. The predicted octanol–water partition coefficient (Wildman–Crippen LogP) is 2.49. The summed E-state index contributed by atoms with van der Waals surface area (Å²) in [4.78, 5) is 17.4. The monoisotopic (exact) mass is 309 g/mol. The Morgan fingerprint density at radius 1 is 1.43 bits per heavy atom. The highest BCUT2D eigenvalue weighted by Gasteiger charge is 2.21. The summed E-state index contributed by atoms with van der Waals surface area (Å²) in [5.41, 5.74) is 6.48. The van der Waals surface area contributed by atoms with E-state index in [-0.39, 0.29) is 11.6 Å². The largest absolute Gasteiger partial charge is 0.327 e. The Balaban J connectivity index is 1.80. The van der Waals surface area contributed by atoms with Crippen molar-refractivity contribution in [3.05, 3.63) is 46.0 Å². The van der Waals surface area contributed by atoms with Crippen LogP contribution in [0.1, 0.15) is 27.3 Å². The number of hydrogen-bond donors (Lipinski definition) is 2. The summed E-state index contributed by atoms with van der Waals surface area (Å²) in [7, 11) is 0. The molecule has 1 aliphatic carbocycles. The summed E-state index contributed by atoms with van der Waals surface area (Å²) in [5.74, 6) is -2.13. The molecule has 0 spiro atoms. The van der Waals surface area contributed by atoms with E-state index in [1.165, 1.54) is 11.3 Å². The number of hydrogen-bond acceptors (Lipinski definition) is 4. The predicted molar refractivity (Wildman–Crippen MR) is 76.4 cm³/mol. The molecule has 1 amide bonds. The van der Waals surface area contributed by atoms with Gasteiger partial charge in [0.05, 0.1) is 11.3 Å². The highest BCUT2D eigenvalue weighted by atomic mass is 32.1. The van der Waals surface area contributed by atoms with E-state index >= 15 is 0 Å². The van der Waals surface area contributed by atoms with Crippen LogP contribution in [0.3, 0.4) is 0 Å². The van der Waals surface area contributed by atoms with Gasteiger partial charge in [-0.2, -0.15) is 0 Å². The highest BCUT2D eigenvalue weighted by Crippen LogP contribution is 2.29. The first-order valence-electron chi connectivity index (χ1n) is 6.53. The maximum absolute atomic E-state index is 13.5. The molecule has 0 saturated carbocycles. The van der Waals surface area contributed by atoms with Gasteiger partial charge in [-0.25, -0.2) is 13.8 Å². The summed E-state index contributed by atoms with van der Waals surface area (Å²) in [6, 6.07) is 2.88. The number of benzene rings is 1. The molecule has 4 nitrogen and oxygen atoms in total. The Morgan fingerprint density at radius 3 is 3.05 bits per heavy atom. The normalized spacial score (nSPS) is 17.4. The summed E-state index contributed by atoms with van der Waals surface area (Å²) in [6.07, 6.45) is 2.37. The van der Waals surface area contributed by atoms with E-state index in [2.05, 4.69) is 10.3 Å². The molecule has 0 fully saturated rings. The third kappa shape index (κ3) is 2.93. The second kappa shape index (κ2) is 5.50. The van der Waals surface area contributed by atoms with Gasteiger partial charge in [-0.15, -0.1) is 11.3 Å². The molecule has 1 aliphatic rings. The first kappa shape index (κ1) is 14.1. The van der Waals surface area contributed by atoms with Crippen LogP contribution in [0.2, 0.25) is 0 Å². The van der Waals surface area contributed by atoms with Crippen LogP contribution in [0, 0.1) is 11.6 Å². The van der Waals surface area contributed by atoms with E-state index in [4.69, 9.17) is 5.73 Å². The number of rotatable bonds is 2. The number of nitrogens with zero attached hydrogens (tertiary/aromatic N) is 1. The quantitative estimate of drug-likeness (QED) is 0.895. The SMILES string of the molecule is N[C@H]1CCc2nc(NC(=O)c3cc(F)ccc3F)sc2C1. The molecule has 0 radical (unpaired) electrons. The first-order chi connectivity index (χ1) is 10.0.